The first-order valence-electron chi connectivity index (χ1n) is 6.68. The topological polar surface area (TPSA) is 26.0 Å². The average molecular weight is 274 g/mol. The number of benzene rings is 2. The van der Waals surface area contributed by atoms with Crippen LogP contribution in [0, 0.1) is 5.92 Å². The molecule has 0 aliphatic rings. The Hall–Kier alpha value is -1.31. The van der Waals surface area contributed by atoms with E-state index in [2.05, 4.69) is 38.1 Å². The van der Waals surface area contributed by atoms with E-state index in [-0.39, 0.29) is 6.04 Å². The predicted molar refractivity (Wildman–Crippen MR) is 83.3 cm³/mol. The molecule has 2 rings (SSSR count). The second kappa shape index (κ2) is 6.23. The van der Waals surface area contributed by atoms with Gasteiger partial charge in [0.25, 0.3) is 0 Å². The zero-order valence-corrected chi connectivity index (χ0v) is 12.2. The molecule has 0 aromatic heterocycles. The Kier molecular flexibility index (Phi) is 4.62. The Labute approximate surface area is 120 Å². The molecule has 100 valence electrons. The lowest BCUT2D eigenvalue weighted by Gasteiger charge is -2.15. The van der Waals surface area contributed by atoms with Gasteiger partial charge in [0.15, 0.2) is 0 Å². The summed E-state index contributed by atoms with van der Waals surface area (Å²) in [4.78, 5) is 0. The molecule has 0 saturated carbocycles. The lowest BCUT2D eigenvalue weighted by Crippen LogP contribution is -2.12. The van der Waals surface area contributed by atoms with Crippen LogP contribution in [0.1, 0.15) is 31.9 Å². The van der Waals surface area contributed by atoms with E-state index in [1.54, 1.807) is 0 Å². The van der Waals surface area contributed by atoms with E-state index in [4.69, 9.17) is 17.3 Å². The quantitative estimate of drug-likeness (QED) is 0.828. The average Bonchev–Trinajstić information content (AvgIpc) is 2.39. The number of nitrogens with two attached hydrogens (primary N) is 1. The Morgan fingerprint density at radius 2 is 1.63 bits per heavy atom. The van der Waals surface area contributed by atoms with Crippen LogP contribution in [0.25, 0.3) is 11.1 Å². The van der Waals surface area contributed by atoms with Crippen molar-refractivity contribution in [1.82, 2.24) is 0 Å². The smallest absolute Gasteiger partial charge is 0.0484 e. The number of halogens is 1. The summed E-state index contributed by atoms with van der Waals surface area (Å²) in [5.41, 5.74) is 9.57. The van der Waals surface area contributed by atoms with Gasteiger partial charge in [-0.05, 0) is 29.5 Å². The van der Waals surface area contributed by atoms with E-state index >= 15 is 0 Å². The van der Waals surface area contributed by atoms with Gasteiger partial charge in [0.05, 0.1) is 0 Å². The normalized spacial score (nSPS) is 12.7. The minimum absolute atomic E-state index is 0.111. The molecule has 0 bridgehead atoms. The molecule has 2 aromatic carbocycles. The zero-order valence-electron chi connectivity index (χ0n) is 11.4. The Morgan fingerprint density at radius 3 is 2.21 bits per heavy atom. The van der Waals surface area contributed by atoms with Gasteiger partial charge in [0.2, 0.25) is 0 Å². The maximum atomic E-state index is 6.21. The first-order chi connectivity index (χ1) is 9.08. The van der Waals surface area contributed by atoms with E-state index in [0.717, 1.165) is 22.6 Å². The molecule has 0 spiro atoms. The van der Waals surface area contributed by atoms with Crippen LogP contribution in [-0.2, 0) is 0 Å². The van der Waals surface area contributed by atoms with E-state index < -0.39 is 0 Å². The molecule has 0 heterocycles. The third-order valence-corrected chi connectivity index (χ3v) is 3.58. The second-order valence-corrected chi connectivity index (χ2v) is 5.75. The molecule has 0 radical (unpaired) electrons. The minimum atomic E-state index is 0.111. The first-order valence-corrected chi connectivity index (χ1v) is 7.06. The van der Waals surface area contributed by atoms with Gasteiger partial charge in [0, 0.05) is 16.6 Å². The lowest BCUT2D eigenvalue weighted by molar-refractivity contribution is 0.510. The highest BCUT2D eigenvalue weighted by atomic mass is 35.5. The molecule has 1 nitrogen and oxygen atoms in total. The van der Waals surface area contributed by atoms with Gasteiger partial charge < -0.3 is 5.73 Å². The van der Waals surface area contributed by atoms with Crippen molar-refractivity contribution >= 4 is 11.6 Å². The van der Waals surface area contributed by atoms with Crippen LogP contribution in [0.2, 0.25) is 5.02 Å². The van der Waals surface area contributed by atoms with E-state index in [1.807, 2.05) is 24.3 Å². The van der Waals surface area contributed by atoms with Crippen molar-refractivity contribution in [3.05, 3.63) is 59.1 Å². The fraction of sp³-hybridized carbons (Fsp3) is 0.294. The summed E-state index contributed by atoms with van der Waals surface area (Å²) in [7, 11) is 0. The van der Waals surface area contributed by atoms with Gasteiger partial charge in [0.1, 0.15) is 0 Å². The van der Waals surface area contributed by atoms with Crippen LogP contribution < -0.4 is 5.73 Å². The summed E-state index contributed by atoms with van der Waals surface area (Å²) in [6.45, 7) is 4.38. The molecule has 0 aliphatic carbocycles. The maximum Gasteiger partial charge on any atom is 0.0484 e. The fourth-order valence-electron chi connectivity index (χ4n) is 2.25. The maximum absolute atomic E-state index is 6.21. The Bertz CT molecular complexity index is 531. The van der Waals surface area contributed by atoms with Gasteiger partial charge in [-0.15, -0.1) is 0 Å². The van der Waals surface area contributed by atoms with E-state index in [1.165, 1.54) is 5.56 Å². The molecular weight excluding hydrogens is 254 g/mol. The summed E-state index contributed by atoms with van der Waals surface area (Å²) in [6.07, 6.45) is 1.01. The highest BCUT2D eigenvalue weighted by molar-refractivity contribution is 6.33. The zero-order chi connectivity index (χ0) is 13.8. The van der Waals surface area contributed by atoms with Gasteiger partial charge in [-0.25, -0.2) is 0 Å². The molecule has 2 N–H and O–H groups in total. The highest BCUT2D eigenvalue weighted by Crippen LogP contribution is 2.29. The van der Waals surface area contributed by atoms with Gasteiger partial charge in [-0.3, -0.25) is 0 Å². The molecule has 1 unspecified atom stereocenters. The third kappa shape index (κ3) is 3.59. The third-order valence-electron chi connectivity index (χ3n) is 3.25. The molecular formula is C17H20ClN. The SMILES string of the molecule is CC(C)CC(N)c1ccc(-c2ccccc2Cl)cc1. The summed E-state index contributed by atoms with van der Waals surface area (Å²) in [5, 5.41) is 0.779. The van der Waals surface area contributed by atoms with Crippen LogP contribution in [0.3, 0.4) is 0 Å². The fourth-order valence-corrected chi connectivity index (χ4v) is 2.49. The second-order valence-electron chi connectivity index (χ2n) is 5.34. The van der Waals surface area contributed by atoms with Crippen molar-refractivity contribution in [1.29, 1.82) is 0 Å². The molecule has 1 atom stereocenters. The molecule has 19 heavy (non-hydrogen) atoms. The summed E-state index contributed by atoms with van der Waals surface area (Å²) < 4.78 is 0. The molecule has 0 amide bonds. The lowest BCUT2D eigenvalue weighted by atomic mass is 9.96. The Morgan fingerprint density at radius 1 is 1.00 bits per heavy atom. The van der Waals surface area contributed by atoms with Crippen LogP contribution in [0.15, 0.2) is 48.5 Å². The largest absolute Gasteiger partial charge is 0.324 e. The van der Waals surface area contributed by atoms with Crippen molar-refractivity contribution in [2.24, 2.45) is 11.7 Å². The van der Waals surface area contributed by atoms with Gasteiger partial charge >= 0.3 is 0 Å². The van der Waals surface area contributed by atoms with Gasteiger partial charge in [-0.1, -0.05) is 67.9 Å². The van der Waals surface area contributed by atoms with E-state index in [0.29, 0.717) is 5.92 Å². The summed E-state index contributed by atoms with van der Waals surface area (Å²) in [5.74, 6) is 0.609. The van der Waals surface area contributed by atoms with Crippen molar-refractivity contribution in [2.75, 3.05) is 0 Å². The molecule has 2 heteroatoms. The summed E-state index contributed by atoms with van der Waals surface area (Å²) >= 11 is 6.21. The monoisotopic (exact) mass is 273 g/mol. The van der Waals surface area contributed by atoms with Gasteiger partial charge in [-0.2, -0.15) is 0 Å². The summed E-state index contributed by atoms with van der Waals surface area (Å²) in [6, 6.07) is 16.4. The molecule has 2 aromatic rings. The van der Waals surface area contributed by atoms with E-state index in [9.17, 15) is 0 Å². The predicted octanol–water partition coefficient (Wildman–Crippen LogP) is 5.05. The highest BCUT2D eigenvalue weighted by Gasteiger charge is 2.09. The Balaban J connectivity index is 2.21. The standard InChI is InChI=1S/C17H20ClN/c1-12(2)11-17(19)14-9-7-13(8-10-14)15-5-3-4-6-16(15)18/h3-10,12,17H,11,19H2,1-2H3. The van der Waals surface area contributed by atoms with Crippen molar-refractivity contribution in [2.45, 2.75) is 26.3 Å². The van der Waals surface area contributed by atoms with Crippen LogP contribution in [0.4, 0.5) is 0 Å². The molecule has 0 aliphatic heterocycles. The minimum Gasteiger partial charge on any atom is -0.324 e. The van der Waals surface area contributed by atoms with Crippen molar-refractivity contribution < 1.29 is 0 Å². The van der Waals surface area contributed by atoms with Crippen molar-refractivity contribution in [3.63, 3.8) is 0 Å². The molecule has 0 fully saturated rings. The van der Waals surface area contributed by atoms with Crippen LogP contribution >= 0.6 is 11.6 Å². The number of rotatable bonds is 4. The molecule has 0 saturated heterocycles. The van der Waals surface area contributed by atoms with Crippen LogP contribution in [-0.4, -0.2) is 0 Å². The first kappa shape index (κ1) is 14.1. The number of hydrogen-bond acceptors (Lipinski definition) is 1. The van der Waals surface area contributed by atoms with Crippen molar-refractivity contribution in [3.8, 4) is 11.1 Å². The van der Waals surface area contributed by atoms with Crippen LogP contribution in [0.5, 0.6) is 0 Å². The number of hydrogen-bond donors (Lipinski definition) is 1.